The molecule has 0 bridgehead atoms. The smallest absolute Gasteiger partial charge is 0.324 e. The van der Waals surface area contributed by atoms with Crippen LogP contribution in [0.25, 0.3) is 0 Å². The Balaban J connectivity index is 2.21. The maximum Gasteiger partial charge on any atom is 0.324 e. The predicted octanol–water partition coefficient (Wildman–Crippen LogP) is 1.57. The highest BCUT2D eigenvalue weighted by Crippen LogP contribution is 2.24. The van der Waals surface area contributed by atoms with Gasteiger partial charge in [0.15, 0.2) is 0 Å². The Labute approximate surface area is 93.3 Å². The molecule has 0 unspecified atom stereocenters. The molecule has 0 amide bonds. The average molecular weight is 223 g/mol. The van der Waals surface area contributed by atoms with Crippen molar-refractivity contribution in [2.45, 2.75) is 24.8 Å². The van der Waals surface area contributed by atoms with Gasteiger partial charge in [0.1, 0.15) is 11.4 Å². The molecule has 1 aliphatic heterocycles. The molecule has 0 spiro atoms. The number of nitrogens with one attached hydrogen (secondary N) is 1. The van der Waals surface area contributed by atoms with Gasteiger partial charge in [-0.15, -0.1) is 0 Å². The van der Waals surface area contributed by atoms with E-state index in [2.05, 4.69) is 5.32 Å². The fraction of sp³-hybridized carbons (Fsp3) is 0.417. The summed E-state index contributed by atoms with van der Waals surface area (Å²) in [6, 6.07) is 6.12. The summed E-state index contributed by atoms with van der Waals surface area (Å²) in [6.07, 6.45) is 1.78. The first-order chi connectivity index (χ1) is 7.62. The number of carboxylic acid groups (broad SMARTS) is 1. The second-order valence-electron chi connectivity index (χ2n) is 4.22. The zero-order valence-electron chi connectivity index (χ0n) is 8.87. The van der Waals surface area contributed by atoms with Crippen molar-refractivity contribution in [2.75, 3.05) is 6.54 Å². The van der Waals surface area contributed by atoms with Gasteiger partial charge in [0.05, 0.1) is 0 Å². The van der Waals surface area contributed by atoms with Crippen LogP contribution in [-0.2, 0) is 11.2 Å². The van der Waals surface area contributed by atoms with Gasteiger partial charge < -0.3 is 10.4 Å². The quantitative estimate of drug-likeness (QED) is 0.817. The van der Waals surface area contributed by atoms with Crippen LogP contribution in [0.3, 0.4) is 0 Å². The molecule has 0 saturated carbocycles. The molecule has 1 heterocycles. The van der Waals surface area contributed by atoms with E-state index in [1.165, 1.54) is 12.1 Å². The molecular weight excluding hydrogens is 209 g/mol. The van der Waals surface area contributed by atoms with Gasteiger partial charge in [-0.25, -0.2) is 4.39 Å². The second kappa shape index (κ2) is 4.22. The van der Waals surface area contributed by atoms with Gasteiger partial charge in [-0.3, -0.25) is 4.79 Å². The minimum absolute atomic E-state index is 0.323. The number of halogens is 1. The molecule has 0 radical (unpaired) electrons. The molecule has 0 aromatic heterocycles. The standard InChI is InChI=1S/C12H14FNO2/c13-10-4-1-3-9(7-10)8-12(11(15)16)5-2-6-14-12/h1,3-4,7,14H,2,5-6,8H2,(H,15,16)/t12-/m0/s1. The van der Waals surface area contributed by atoms with Crippen molar-refractivity contribution >= 4 is 5.97 Å². The molecular formula is C12H14FNO2. The first-order valence-corrected chi connectivity index (χ1v) is 5.35. The van der Waals surface area contributed by atoms with Crippen molar-refractivity contribution in [3.05, 3.63) is 35.6 Å². The second-order valence-corrected chi connectivity index (χ2v) is 4.22. The number of hydrogen-bond donors (Lipinski definition) is 2. The van der Waals surface area contributed by atoms with E-state index in [9.17, 15) is 14.3 Å². The molecule has 86 valence electrons. The fourth-order valence-electron chi connectivity index (χ4n) is 2.21. The summed E-state index contributed by atoms with van der Waals surface area (Å²) >= 11 is 0. The van der Waals surface area contributed by atoms with Crippen molar-refractivity contribution in [1.82, 2.24) is 5.32 Å². The van der Waals surface area contributed by atoms with Crippen LogP contribution in [0.1, 0.15) is 18.4 Å². The summed E-state index contributed by atoms with van der Waals surface area (Å²) in [5.74, 6) is -1.18. The summed E-state index contributed by atoms with van der Waals surface area (Å²) in [5.41, 5.74) is -0.190. The summed E-state index contributed by atoms with van der Waals surface area (Å²) in [6.45, 7) is 0.710. The largest absolute Gasteiger partial charge is 0.480 e. The van der Waals surface area contributed by atoms with Crippen LogP contribution in [0.15, 0.2) is 24.3 Å². The number of carboxylic acids is 1. The Bertz CT molecular complexity index is 400. The maximum atomic E-state index is 13.0. The molecule has 1 atom stereocenters. The third-order valence-corrected chi connectivity index (χ3v) is 3.05. The molecule has 1 aliphatic rings. The van der Waals surface area contributed by atoms with Gasteiger partial charge in [-0.05, 0) is 37.1 Å². The number of rotatable bonds is 3. The van der Waals surface area contributed by atoms with E-state index in [1.807, 2.05) is 0 Å². The summed E-state index contributed by atoms with van der Waals surface area (Å²) in [4.78, 5) is 11.3. The summed E-state index contributed by atoms with van der Waals surface area (Å²) in [7, 11) is 0. The van der Waals surface area contributed by atoms with E-state index < -0.39 is 11.5 Å². The lowest BCUT2D eigenvalue weighted by atomic mass is 9.89. The summed E-state index contributed by atoms with van der Waals surface area (Å²) in [5, 5.41) is 12.3. The third kappa shape index (κ3) is 2.07. The van der Waals surface area contributed by atoms with Crippen LogP contribution in [0.2, 0.25) is 0 Å². The Kier molecular flexibility index (Phi) is 2.92. The van der Waals surface area contributed by atoms with Crippen LogP contribution >= 0.6 is 0 Å². The number of carbonyl (C=O) groups is 1. The molecule has 1 aromatic carbocycles. The Morgan fingerprint density at radius 2 is 2.38 bits per heavy atom. The van der Waals surface area contributed by atoms with E-state index in [-0.39, 0.29) is 5.82 Å². The van der Waals surface area contributed by atoms with Crippen molar-refractivity contribution in [2.24, 2.45) is 0 Å². The average Bonchev–Trinajstić information content (AvgIpc) is 2.67. The Morgan fingerprint density at radius 3 is 2.94 bits per heavy atom. The number of hydrogen-bond acceptors (Lipinski definition) is 2. The van der Waals surface area contributed by atoms with Gasteiger partial charge in [-0.2, -0.15) is 0 Å². The van der Waals surface area contributed by atoms with Crippen molar-refractivity contribution in [3.63, 3.8) is 0 Å². The topological polar surface area (TPSA) is 49.3 Å². The first-order valence-electron chi connectivity index (χ1n) is 5.35. The van der Waals surface area contributed by atoms with E-state index in [0.717, 1.165) is 12.0 Å². The summed E-state index contributed by atoms with van der Waals surface area (Å²) < 4.78 is 13.0. The highest BCUT2D eigenvalue weighted by Gasteiger charge is 2.40. The molecule has 2 N–H and O–H groups in total. The van der Waals surface area contributed by atoms with E-state index in [0.29, 0.717) is 19.4 Å². The minimum Gasteiger partial charge on any atom is -0.480 e. The van der Waals surface area contributed by atoms with Crippen LogP contribution in [0.5, 0.6) is 0 Å². The maximum absolute atomic E-state index is 13.0. The fourth-order valence-corrected chi connectivity index (χ4v) is 2.21. The van der Waals surface area contributed by atoms with Crippen molar-refractivity contribution < 1.29 is 14.3 Å². The molecule has 0 aliphatic carbocycles. The highest BCUT2D eigenvalue weighted by atomic mass is 19.1. The molecule has 4 heteroatoms. The van der Waals surface area contributed by atoms with Gasteiger partial charge >= 0.3 is 5.97 Å². The van der Waals surface area contributed by atoms with Crippen LogP contribution in [-0.4, -0.2) is 23.2 Å². The minimum atomic E-state index is -0.909. The SMILES string of the molecule is O=C(O)[C@@]1(Cc2cccc(F)c2)CCCN1. The lowest BCUT2D eigenvalue weighted by Crippen LogP contribution is -2.49. The van der Waals surface area contributed by atoms with Gasteiger partial charge in [0.2, 0.25) is 0 Å². The van der Waals surface area contributed by atoms with Crippen molar-refractivity contribution in [1.29, 1.82) is 0 Å². The van der Waals surface area contributed by atoms with E-state index in [4.69, 9.17) is 0 Å². The first kappa shape index (κ1) is 11.1. The molecule has 2 rings (SSSR count). The van der Waals surface area contributed by atoms with Crippen molar-refractivity contribution in [3.8, 4) is 0 Å². The molecule has 1 fully saturated rings. The number of benzene rings is 1. The normalized spacial score (nSPS) is 24.6. The van der Waals surface area contributed by atoms with E-state index >= 15 is 0 Å². The van der Waals surface area contributed by atoms with E-state index in [1.54, 1.807) is 12.1 Å². The zero-order chi connectivity index (χ0) is 11.6. The molecule has 1 aromatic rings. The van der Waals surface area contributed by atoms with Crippen LogP contribution in [0.4, 0.5) is 4.39 Å². The Hall–Kier alpha value is -1.42. The molecule has 3 nitrogen and oxygen atoms in total. The zero-order valence-corrected chi connectivity index (χ0v) is 8.87. The highest BCUT2D eigenvalue weighted by molar-refractivity contribution is 5.79. The molecule has 1 saturated heterocycles. The number of aliphatic carboxylic acids is 1. The van der Waals surface area contributed by atoms with Gasteiger partial charge in [0.25, 0.3) is 0 Å². The van der Waals surface area contributed by atoms with Crippen LogP contribution in [0, 0.1) is 5.82 Å². The molecule has 16 heavy (non-hydrogen) atoms. The third-order valence-electron chi connectivity index (χ3n) is 3.05. The lowest BCUT2D eigenvalue weighted by Gasteiger charge is -2.24. The predicted molar refractivity (Wildman–Crippen MR) is 57.7 cm³/mol. The Morgan fingerprint density at radius 1 is 1.56 bits per heavy atom. The van der Waals surface area contributed by atoms with Gasteiger partial charge in [-0.1, -0.05) is 12.1 Å². The monoisotopic (exact) mass is 223 g/mol. The van der Waals surface area contributed by atoms with Gasteiger partial charge in [0, 0.05) is 6.42 Å². The van der Waals surface area contributed by atoms with Crippen LogP contribution < -0.4 is 5.32 Å². The lowest BCUT2D eigenvalue weighted by molar-refractivity contribution is -0.144.